The van der Waals surface area contributed by atoms with Crippen molar-refractivity contribution in [1.29, 1.82) is 0 Å². The maximum atomic E-state index is 11.8. The van der Waals surface area contributed by atoms with Gasteiger partial charge in [-0.2, -0.15) is 5.10 Å². The number of aromatic carboxylic acids is 1. The van der Waals surface area contributed by atoms with E-state index in [1.165, 1.54) is 0 Å². The monoisotopic (exact) mass is 330 g/mol. The summed E-state index contributed by atoms with van der Waals surface area (Å²) in [5, 5.41) is 18.7. The Kier molecular flexibility index (Phi) is 5.95. The molecule has 0 unspecified atom stereocenters. The molecule has 0 saturated heterocycles. The Morgan fingerprint density at radius 2 is 1.88 bits per heavy atom. The van der Waals surface area contributed by atoms with E-state index in [2.05, 4.69) is 15.7 Å². The van der Waals surface area contributed by atoms with Crippen molar-refractivity contribution in [3.8, 4) is 0 Å². The van der Waals surface area contributed by atoms with Gasteiger partial charge in [-0.05, 0) is 44.0 Å². The molecule has 0 aliphatic carbocycles. The van der Waals surface area contributed by atoms with Crippen molar-refractivity contribution in [3.05, 3.63) is 53.3 Å². The second-order valence-electron chi connectivity index (χ2n) is 5.74. The molecule has 1 heterocycles. The van der Waals surface area contributed by atoms with E-state index in [0.717, 1.165) is 11.3 Å². The fourth-order valence-electron chi connectivity index (χ4n) is 2.13. The Balaban J connectivity index is 1.70. The Hall–Kier alpha value is -2.83. The molecule has 2 amide bonds. The molecule has 0 aliphatic rings. The summed E-state index contributed by atoms with van der Waals surface area (Å²) >= 11 is 0. The van der Waals surface area contributed by atoms with Gasteiger partial charge < -0.3 is 15.7 Å². The molecule has 0 atom stereocenters. The Labute approximate surface area is 140 Å². The number of amides is 2. The predicted octanol–water partition coefficient (Wildman–Crippen LogP) is 2.20. The molecule has 1 aromatic heterocycles. The third kappa shape index (κ3) is 5.12. The molecule has 7 nitrogen and oxygen atoms in total. The number of nitrogens with one attached hydrogen (secondary N) is 2. The van der Waals surface area contributed by atoms with Crippen LogP contribution in [0.2, 0.25) is 0 Å². The average molecular weight is 330 g/mol. The highest BCUT2D eigenvalue weighted by Crippen LogP contribution is 2.05. The van der Waals surface area contributed by atoms with Crippen molar-refractivity contribution in [2.75, 3.05) is 6.54 Å². The number of nitrogens with zero attached hydrogens (tertiary/aromatic N) is 2. The van der Waals surface area contributed by atoms with E-state index < -0.39 is 5.97 Å². The second kappa shape index (κ2) is 8.14. The van der Waals surface area contributed by atoms with Gasteiger partial charge in [0.05, 0.1) is 17.8 Å². The molecule has 7 heteroatoms. The van der Waals surface area contributed by atoms with Crippen molar-refractivity contribution in [2.24, 2.45) is 0 Å². The lowest BCUT2D eigenvalue weighted by atomic mass is 10.1. The van der Waals surface area contributed by atoms with Crippen LogP contribution in [0.5, 0.6) is 0 Å². The number of hydrogen-bond donors (Lipinski definition) is 3. The van der Waals surface area contributed by atoms with Crippen LogP contribution in [0.1, 0.15) is 41.5 Å². The maximum Gasteiger partial charge on any atom is 0.335 e. The zero-order chi connectivity index (χ0) is 17.5. The van der Waals surface area contributed by atoms with Crippen LogP contribution in [0.3, 0.4) is 0 Å². The Morgan fingerprint density at radius 3 is 2.46 bits per heavy atom. The molecular formula is C17H22N4O3. The first-order valence-corrected chi connectivity index (χ1v) is 7.83. The minimum Gasteiger partial charge on any atom is -0.478 e. The van der Waals surface area contributed by atoms with Crippen LogP contribution in [0.25, 0.3) is 0 Å². The van der Waals surface area contributed by atoms with Crippen LogP contribution < -0.4 is 10.6 Å². The van der Waals surface area contributed by atoms with Gasteiger partial charge in [0, 0.05) is 18.8 Å². The van der Waals surface area contributed by atoms with Crippen molar-refractivity contribution < 1.29 is 14.7 Å². The van der Waals surface area contributed by atoms with Crippen molar-refractivity contribution in [1.82, 2.24) is 20.4 Å². The van der Waals surface area contributed by atoms with E-state index in [-0.39, 0.29) is 11.6 Å². The van der Waals surface area contributed by atoms with Crippen LogP contribution in [0.4, 0.5) is 4.79 Å². The summed E-state index contributed by atoms with van der Waals surface area (Å²) in [7, 11) is 0. The molecule has 0 bridgehead atoms. The van der Waals surface area contributed by atoms with Crippen LogP contribution >= 0.6 is 0 Å². The van der Waals surface area contributed by atoms with E-state index in [0.29, 0.717) is 25.6 Å². The molecule has 2 rings (SSSR count). The van der Waals surface area contributed by atoms with Gasteiger partial charge in [0.25, 0.3) is 0 Å². The van der Waals surface area contributed by atoms with Gasteiger partial charge in [0.2, 0.25) is 0 Å². The van der Waals surface area contributed by atoms with Crippen molar-refractivity contribution in [3.63, 3.8) is 0 Å². The lowest BCUT2D eigenvalue weighted by molar-refractivity contribution is 0.0697. The largest absolute Gasteiger partial charge is 0.478 e. The van der Waals surface area contributed by atoms with Gasteiger partial charge in [0.15, 0.2) is 0 Å². The van der Waals surface area contributed by atoms with E-state index >= 15 is 0 Å². The lowest BCUT2D eigenvalue weighted by Crippen LogP contribution is -2.36. The first-order valence-electron chi connectivity index (χ1n) is 7.83. The lowest BCUT2D eigenvalue weighted by Gasteiger charge is -2.07. The highest BCUT2D eigenvalue weighted by molar-refractivity contribution is 5.87. The Bertz CT molecular complexity index is 692. The molecule has 0 spiro atoms. The Morgan fingerprint density at radius 1 is 1.17 bits per heavy atom. The number of benzene rings is 1. The van der Waals surface area contributed by atoms with E-state index in [4.69, 9.17) is 5.11 Å². The SMILES string of the molecule is CC(C)n1ccc(CNC(=O)NCCc2ccc(C(=O)O)cc2)n1. The first kappa shape index (κ1) is 17.5. The summed E-state index contributed by atoms with van der Waals surface area (Å²) in [6.07, 6.45) is 2.52. The predicted molar refractivity (Wildman–Crippen MR) is 90.0 cm³/mol. The molecule has 128 valence electrons. The minimum absolute atomic E-state index is 0.253. The second-order valence-corrected chi connectivity index (χ2v) is 5.74. The number of urea groups is 1. The highest BCUT2D eigenvalue weighted by Gasteiger charge is 2.05. The topological polar surface area (TPSA) is 96.2 Å². The third-order valence-electron chi connectivity index (χ3n) is 3.52. The fraction of sp³-hybridized carbons (Fsp3) is 0.353. The standard InChI is InChI=1S/C17H22N4O3/c1-12(2)21-10-8-15(20-21)11-19-17(24)18-9-7-13-3-5-14(6-4-13)16(22)23/h3-6,8,10,12H,7,9,11H2,1-2H3,(H,22,23)(H2,18,19,24). The van der Waals surface area contributed by atoms with Gasteiger partial charge in [-0.25, -0.2) is 9.59 Å². The number of carboxylic acid groups (broad SMARTS) is 1. The molecular weight excluding hydrogens is 308 g/mol. The van der Waals surface area contributed by atoms with Gasteiger partial charge in [-0.3, -0.25) is 4.68 Å². The number of carbonyl (C=O) groups excluding carboxylic acids is 1. The zero-order valence-corrected chi connectivity index (χ0v) is 13.8. The van der Waals surface area contributed by atoms with Crippen LogP contribution in [-0.4, -0.2) is 33.4 Å². The number of carbonyl (C=O) groups is 2. The fourth-order valence-corrected chi connectivity index (χ4v) is 2.13. The number of aromatic nitrogens is 2. The summed E-state index contributed by atoms with van der Waals surface area (Å²) < 4.78 is 1.84. The quantitative estimate of drug-likeness (QED) is 0.725. The van der Waals surface area contributed by atoms with E-state index in [9.17, 15) is 9.59 Å². The van der Waals surface area contributed by atoms with Crippen molar-refractivity contribution in [2.45, 2.75) is 32.9 Å². The van der Waals surface area contributed by atoms with Crippen molar-refractivity contribution >= 4 is 12.0 Å². The van der Waals surface area contributed by atoms with Crippen LogP contribution in [0, 0.1) is 0 Å². The van der Waals surface area contributed by atoms with E-state index in [1.54, 1.807) is 24.3 Å². The highest BCUT2D eigenvalue weighted by atomic mass is 16.4. The molecule has 0 radical (unpaired) electrons. The summed E-state index contributed by atoms with van der Waals surface area (Å²) in [5.41, 5.74) is 2.03. The summed E-state index contributed by atoms with van der Waals surface area (Å²) in [6, 6.07) is 8.54. The van der Waals surface area contributed by atoms with Gasteiger partial charge >= 0.3 is 12.0 Å². The molecule has 2 aromatic rings. The molecule has 0 fully saturated rings. The molecule has 0 aliphatic heterocycles. The third-order valence-corrected chi connectivity index (χ3v) is 3.52. The number of carboxylic acids is 1. The van der Waals surface area contributed by atoms with Gasteiger partial charge in [0.1, 0.15) is 0 Å². The zero-order valence-electron chi connectivity index (χ0n) is 13.8. The average Bonchev–Trinajstić information content (AvgIpc) is 3.03. The smallest absolute Gasteiger partial charge is 0.335 e. The maximum absolute atomic E-state index is 11.8. The minimum atomic E-state index is -0.945. The first-order chi connectivity index (χ1) is 11.5. The molecule has 0 saturated carbocycles. The normalized spacial score (nSPS) is 10.6. The summed E-state index contributed by atoms with van der Waals surface area (Å²) in [6.45, 7) is 4.93. The number of hydrogen-bond acceptors (Lipinski definition) is 3. The summed E-state index contributed by atoms with van der Waals surface area (Å²) in [4.78, 5) is 22.5. The van der Waals surface area contributed by atoms with Crippen LogP contribution in [-0.2, 0) is 13.0 Å². The molecule has 3 N–H and O–H groups in total. The number of rotatable bonds is 7. The molecule has 1 aromatic carbocycles. The van der Waals surface area contributed by atoms with Gasteiger partial charge in [-0.1, -0.05) is 12.1 Å². The van der Waals surface area contributed by atoms with Gasteiger partial charge in [-0.15, -0.1) is 0 Å². The summed E-state index contributed by atoms with van der Waals surface area (Å²) in [5.74, 6) is -0.945. The van der Waals surface area contributed by atoms with E-state index in [1.807, 2.05) is 30.8 Å². The van der Waals surface area contributed by atoms with Crippen LogP contribution in [0.15, 0.2) is 36.5 Å². The molecule has 24 heavy (non-hydrogen) atoms.